The first-order valence-corrected chi connectivity index (χ1v) is 17.5. The van der Waals surface area contributed by atoms with Crippen LogP contribution >= 0.6 is 0 Å². The average Bonchev–Trinajstić information content (AvgIpc) is 3.71. The number of rotatable bonds is 4. The zero-order valence-electron chi connectivity index (χ0n) is 28.2. The lowest BCUT2D eigenvalue weighted by molar-refractivity contribution is 0.539. The molecule has 9 aromatic rings. The van der Waals surface area contributed by atoms with Crippen LogP contribution in [0, 0.1) is 0 Å². The van der Waals surface area contributed by atoms with E-state index in [2.05, 4.69) is 203 Å². The molecule has 0 bridgehead atoms. The Morgan fingerprint density at radius 2 is 1.00 bits per heavy atom. The standard InChI is InChI=1S/C47H34N4/c1-47(35-17-7-3-8-18-35)31-41(32-15-5-2-6-16-32)48-46(49-47)51-43-24-14-11-21-37(43)39-27-25-34(30-45(39)51)33-26-28-44-40(29-33)38-22-12-13-23-42(38)50(44)36-19-9-4-10-20-36/h2-31H,1H3,(H,48,49). The molecule has 3 heterocycles. The Morgan fingerprint density at radius 1 is 0.451 bits per heavy atom. The second kappa shape index (κ2) is 11.5. The Kier molecular flexibility index (Phi) is 6.58. The van der Waals surface area contributed by atoms with Crippen molar-refractivity contribution in [2.24, 2.45) is 4.99 Å². The van der Waals surface area contributed by atoms with Crippen molar-refractivity contribution in [1.29, 1.82) is 0 Å². The summed E-state index contributed by atoms with van der Waals surface area (Å²) in [5.74, 6) is 0.799. The summed E-state index contributed by atoms with van der Waals surface area (Å²) in [6.45, 7) is 2.24. The Labute approximate surface area is 296 Å². The molecule has 4 nitrogen and oxygen atoms in total. The highest BCUT2D eigenvalue weighted by molar-refractivity contribution is 6.16. The number of benzene rings is 7. The van der Waals surface area contributed by atoms with E-state index in [9.17, 15) is 0 Å². The molecule has 7 aromatic carbocycles. The summed E-state index contributed by atoms with van der Waals surface area (Å²) >= 11 is 0. The number of aliphatic imine (C=N–C) groups is 1. The molecule has 1 aliphatic rings. The van der Waals surface area contributed by atoms with Crippen LogP contribution in [0.1, 0.15) is 18.1 Å². The van der Waals surface area contributed by atoms with Crippen LogP contribution in [0.3, 0.4) is 0 Å². The summed E-state index contributed by atoms with van der Waals surface area (Å²) in [6.07, 6.45) is 2.25. The Balaban J connectivity index is 1.18. The predicted octanol–water partition coefficient (Wildman–Crippen LogP) is 11.3. The largest absolute Gasteiger partial charge is 0.342 e. The minimum Gasteiger partial charge on any atom is -0.342 e. The van der Waals surface area contributed by atoms with Gasteiger partial charge in [0, 0.05) is 32.8 Å². The molecule has 10 rings (SSSR count). The maximum absolute atomic E-state index is 5.35. The number of aromatic nitrogens is 2. The molecule has 51 heavy (non-hydrogen) atoms. The third-order valence-corrected chi connectivity index (χ3v) is 10.4. The smallest absolute Gasteiger partial charge is 0.209 e. The van der Waals surface area contributed by atoms with Gasteiger partial charge in [0.15, 0.2) is 0 Å². The maximum atomic E-state index is 5.35. The third kappa shape index (κ3) is 4.72. The fraction of sp³-hybridized carbons (Fsp3) is 0.0426. The van der Waals surface area contributed by atoms with E-state index in [4.69, 9.17) is 4.99 Å². The van der Waals surface area contributed by atoms with Crippen molar-refractivity contribution in [1.82, 2.24) is 14.5 Å². The molecule has 0 spiro atoms. The molecular formula is C47H34N4. The van der Waals surface area contributed by atoms with E-state index in [-0.39, 0.29) is 0 Å². The van der Waals surface area contributed by atoms with Crippen LogP contribution in [0.15, 0.2) is 187 Å². The molecule has 1 aliphatic heterocycles. The van der Waals surface area contributed by atoms with Crippen LogP contribution in [0.2, 0.25) is 0 Å². The summed E-state index contributed by atoms with van der Waals surface area (Å²) in [4.78, 5) is 5.35. The van der Waals surface area contributed by atoms with Gasteiger partial charge in [0.05, 0.1) is 33.3 Å². The lowest BCUT2D eigenvalue weighted by Crippen LogP contribution is -2.47. The molecule has 242 valence electrons. The molecule has 0 fully saturated rings. The van der Waals surface area contributed by atoms with Gasteiger partial charge in [-0.3, -0.25) is 4.57 Å². The second-order valence-corrected chi connectivity index (χ2v) is 13.5. The predicted molar refractivity (Wildman–Crippen MR) is 213 cm³/mol. The first-order chi connectivity index (χ1) is 25.1. The van der Waals surface area contributed by atoms with Gasteiger partial charge in [-0.15, -0.1) is 0 Å². The molecule has 1 atom stereocenters. The van der Waals surface area contributed by atoms with Gasteiger partial charge in [-0.05, 0) is 72.2 Å². The molecule has 1 unspecified atom stereocenters. The van der Waals surface area contributed by atoms with Gasteiger partial charge in [-0.1, -0.05) is 133 Å². The van der Waals surface area contributed by atoms with Gasteiger partial charge in [0.25, 0.3) is 0 Å². The molecule has 2 aromatic heterocycles. The van der Waals surface area contributed by atoms with Crippen molar-refractivity contribution >= 4 is 55.3 Å². The van der Waals surface area contributed by atoms with Gasteiger partial charge in [-0.2, -0.15) is 0 Å². The topological polar surface area (TPSA) is 34.2 Å². The number of hydrogen-bond acceptors (Lipinski definition) is 2. The summed E-state index contributed by atoms with van der Waals surface area (Å²) in [6, 6.07) is 62.8. The first-order valence-electron chi connectivity index (χ1n) is 17.5. The molecule has 0 saturated carbocycles. The molecule has 0 saturated heterocycles. The SMILES string of the molecule is CC1(c2ccccc2)C=C(c2ccccc2)N=C(n2c3ccccc3c3ccc(-c4ccc5c(c4)c4ccccc4n5-c4ccccc4)cc32)N1. The van der Waals surface area contributed by atoms with E-state index in [1.165, 1.54) is 43.7 Å². The molecule has 1 N–H and O–H groups in total. The Hall–Kier alpha value is -6.65. The number of nitrogens with zero attached hydrogens (tertiary/aromatic N) is 3. The van der Waals surface area contributed by atoms with Crippen LogP contribution in [-0.4, -0.2) is 15.1 Å². The summed E-state index contributed by atoms with van der Waals surface area (Å²) in [5, 5.41) is 8.76. The van der Waals surface area contributed by atoms with E-state index in [0.717, 1.165) is 39.5 Å². The average molecular weight is 655 g/mol. The van der Waals surface area contributed by atoms with Crippen molar-refractivity contribution in [3.63, 3.8) is 0 Å². The number of nitrogens with one attached hydrogen (secondary N) is 1. The van der Waals surface area contributed by atoms with Crippen molar-refractivity contribution < 1.29 is 0 Å². The molecule has 0 amide bonds. The van der Waals surface area contributed by atoms with Crippen LogP contribution < -0.4 is 5.32 Å². The van der Waals surface area contributed by atoms with E-state index in [1.54, 1.807) is 0 Å². The van der Waals surface area contributed by atoms with Gasteiger partial charge in [0.2, 0.25) is 5.96 Å². The fourth-order valence-electron chi connectivity index (χ4n) is 7.90. The second-order valence-electron chi connectivity index (χ2n) is 13.5. The fourth-order valence-corrected chi connectivity index (χ4v) is 7.90. The van der Waals surface area contributed by atoms with E-state index >= 15 is 0 Å². The number of fused-ring (bicyclic) bond motifs is 6. The number of hydrogen-bond donors (Lipinski definition) is 1. The highest BCUT2D eigenvalue weighted by Gasteiger charge is 2.32. The Morgan fingerprint density at radius 3 is 1.75 bits per heavy atom. The van der Waals surface area contributed by atoms with Crippen LogP contribution in [-0.2, 0) is 5.54 Å². The van der Waals surface area contributed by atoms with Gasteiger partial charge in [0.1, 0.15) is 0 Å². The van der Waals surface area contributed by atoms with Gasteiger partial charge < -0.3 is 9.88 Å². The summed E-state index contributed by atoms with van der Waals surface area (Å²) in [5.41, 5.74) is 10.8. The van der Waals surface area contributed by atoms with Gasteiger partial charge >= 0.3 is 0 Å². The number of para-hydroxylation sites is 3. The van der Waals surface area contributed by atoms with Gasteiger partial charge in [-0.25, -0.2) is 4.99 Å². The van der Waals surface area contributed by atoms with E-state index in [1.807, 2.05) is 0 Å². The van der Waals surface area contributed by atoms with Crippen LogP contribution in [0.4, 0.5) is 0 Å². The van der Waals surface area contributed by atoms with E-state index < -0.39 is 5.54 Å². The lowest BCUT2D eigenvalue weighted by Gasteiger charge is -2.34. The highest BCUT2D eigenvalue weighted by Crippen LogP contribution is 2.38. The minimum atomic E-state index is -0.489. The minimum absolute atomic E-state index is 0.489. The van der Waals surface area contributed by atoms with Crippen molar-refractivity contribution in [3.05, 3.63) is 193 Å². The zero-order chi connectivity index (χ0) is 33.9. The first kappa shape index (κ1) is 29.3. The highest BCUT2D eigenvalue weighted by atomic mass is 15.3. The molecule has 0 radical (unpaired) electrons. The normalized spacial score (nSPS) is 16.0. The van der Waals surface area contributed by atoms with Crippen molar-refractivity contribution in [2.45, 2.75) is 12.5 Å². The molecule has 0 aliphatic carbocycles. The van der Waals surface area contributed by atoms with Crippen LogP contribution in [0.25, 0.3) is 66.1 Å². The monoisotopic (exact) mass is 654 g/mol. The van der Waals surface area contributed by atoms with E-state index in [0.29, 0.717) is 0 Å². The van der Waals surface area contributed by atoms with Crippen LogP contribution in [0.5, 0.6) is 0 Å². The van der Waals surface area contributed by atoms with Crippen molar-refractivity contribution in [2.75, 3.05) is 0 Å². The van der Waals surface area contributed by atoms with Crippen molar-refractivity contribution in [3.8, 4) is 16.8 Å². The molecule has 4 heteroatoms. The summed E-state index contributed by atoms with van der Waals surface area (Å²) < 4.78 is 4.68. The lowest BCUT2D eigenvalue weighted by atomic mass is 9.89. The summed E-state index contributed by atoms with van der Waals surface area (Å²) in [7, 11) is 0. The quantitative estimate of drug-likeness (QED) is 0.201. The third-order valence-electron chi connectivity index (χ3n) is 10.4. The Bertz CT molecular complexity index is 2820. The molecular weight excluding hydrogens is 621 g/mol. The maximum Gasteiger partial charge on any atom is 0.209 e. The zero-order valence-corrected chi connectivity index (χ0v) is 28.2.